The van der Waals surface area contributed by atoms with Crippen molar-refractivity contribution in [1.82, 2.24) is 9.88 Å². The second-order valence-electron chi connectivity index (χ2n) is 8.04. The molecule has 1 aromatic heterocycles. The highest BCUT2D eigenvalue weighted by Gasteiger charge is 2.31. The number of rotatable bonds is 4. The van der Waals surface area contributed by atoms with E-state index in [1.165, 1.54) is 24.3 Å². The minimum Gasteiger partial charge on any atom is -0.368 e. The van der Waals surface area contributed by atoms with Gasteiger partial charge in [0.2, 0.25) is 0 Å². The second-order valence-corrected chi connectivity index (χ2v) is 10.1. The Morgan fingerprint density at radius 2 is 1.53 bits per heavy atom. The number of sulfone groups is 1. The van der Waals surface area contributed by atoms with Gasteiger partial charge in [-0.1, -0.05) is 6.07 Å². The molecule has 6 nitrogen and oxygen atoms in total. The number of piperazine rings is 1. The number of carbonyl (C=O) groups is 1. The van der Waals surface area contributed by atoms with Crippen molar-refractivity contribution in [3.8, 4) is 11.1 Å². The van der Waals surface area contributed by atoms with E-state index in [4.69, 9.17) is 0 Å². The molecule has 2 heterocycles. The summed E-state index contributed by atoms with van der Waals surface area (Å²) in [5, 5.41) is 0. The Bertz CT molecular complexity index is 1290. The monoisotopic (exact) mass is 489 g/mol. The van der Waals surface area contributed by atoms with Gasteiger partial charge in [-0.25, -0.2) is 8.42 Å². The summed E-state index contributed by atoms with van der Waals surface area (Å²) in [4.78, 5) is 21.0. The van der Waals surface area contributed by atoms with Gasteiger partial charge in [0.25, 0.3) is 5.91 Å². The maximum atomic E-state index is 13.4. The summed E-state index contributed by atoms with van der Waals surface area (Å²) in [5.74, 6) is -0.301. The Kier molecular flexibility index (Phi) is 6.35. The number of hydrogen-bond acceptors (Lipinski definition) is 5. The highest BCUT2D eigenvalue weighted by atomic mass is 32.2. The summed E-state index contributed by atoms with van der Waals surface area (Å²) >= 11 is 0. The van der Waals surface area contributed by atoms with E-state index in [2.05, 4.69) is 4.98 Å². The Morgan fingerprint density at radius 1 is 0.912 bits per heavy atom. The van der Waals surface area contributed by atoms with Gasteiger partial charge in [-0.05, 0) is 59.7 Å². The fourth-order valence-corrected chi connectivity index (χ4v) is 4.56. The molecule has 10 heteroatoms. The highest BCUT2D eigenvalue weighted by Crippen LogP contribution is 2.31. The molecule has 3 aromatic rings. The van der Waals surface area contributed by atoms with Gasteiger partial charge in [-0.2, -0.15) is 13.2 Å². The first kappa shape index (κ1) is 23.7. The van der Waals surface area contributed by atoms with Crippen molar-refractivity contribution in [2.24, 2.45) is 0 Å². The molecule has 0 N–H and O–H groups in total. The maximum Gasteiger partial charge on any atom is 0.416 e. The van der Waals surface area contributed by atoms with Crippen molar-refractivity contribution in [1.29, 1.82) is 0 Å². The number of halogens is 3. The summed E-state index contributed by atoms with van der Waals surface area (Å²) in [7, 11) is -3.52. The number of hydrogen-bond donors (Lipinski definition) is 0. The lowest BCUT2D eigenvalue weighted by Gasteiger charge is -2.36. The molecule has 34 heavy (non-hydrogen) atoms. The SMILES string of the molecule is CS(=O)(=O)c1ccc(-c2ccncc2)c(C(=O)N2CCN(c3ccc(C(F)(F)F)cc3)CC2)c1. The Hall–Kier alpha value is -3.40. The zero-order valence-corrected chi connectivity index (χ0v) is 19.1. The molecule has 0 aliphatic carbocycles. The van der Waals surface area contributed by atoms with Crippen LogP contribution >= 0.6 is 0 Å². The molecule has 2 aromatic carbocycles. The third-order valence-corrected chi connectivity index (χ3v) is 6.88. The van der Waals surface area contributed by atoms with Crippen molar-refractivity contribution < 1.29 is 26.4 Å². The normalized spacial score (nSPS) is 14.8. The number of nitrogens with zero attached hydrogens (tertiary/aromatic N) is 3. The van der Waals surface area contributed by atoms with E-state index in [-0.39, 0.29) is 16.4 Å². The Labute approximate surface area is 195 Å². The fourth-order valence-electron chi connectivity index (χ4n) is 3.91. The number of benzene rings is 2. The third kappa shape index (κ3) is 5.06. The predicted molar refractivity (Wildman–Crippen MR) is 122 cm³/mol. The Morgan fingerprint density at radius 3 is 2.09 bits per heavy atom. The molecule has 0 saturated carbocycles. The van der Waals surface area contributed by atoms with E-state index in [1.54, 1.807) is 35.5 Å². The summed E-state index contributed by atoms with van der Waals surface area (Å²) in [6.07, 6.45) is -0.115. The van der Waals surface area contributed by atoms with Gasteiger partial charge >= 0.3 is 6.18 Å². The lowest BCUT2D eigenvalue weighted by atomic mass is 9.99. The minimum absolute atomic E-state index is 0.0528. The van der Waals surface area contributed by atoms with E-state index in [0.29, 0.717) is 37.4 Å². The first-order valence-corrected chi connectivity index (χ1v) is 12.4. The van der Waals surface area contributed by atoms with Crippen LogP contribution < -0.4 is 4.90 Å². The van der Waals surface area contributed by atoms with Crippen LogP contribution in [0.25, 0.3) is 11.1 Å². The van der Waals surface area contributed by atoms with Gasteiger partial charge in [0.05, 0.1) is 10.5 Å². The number of aromatic nitrogens is 1. The number of alkyl halides is 3. The molecule has 1 amide bonds. The van der Waals surface area contributed by atoms with Crippen LogP contribution in [-0.2, 0) is 16.0 Å². The molecule has 178 valence electrons. The van der Waals surface area contributed by atoms with Crippen LogP contribution in [0.5, 0.6) is 0 Å². The quantitative estimate of drug-likeness (QED) is 0.551. The maximum absolute atomic E-state index is 13.4. The van der Waals surface area contributed by atoms with Gasteiger partial charge < -0.3 is 9.80 Å². The van der Waals surface area contributed by atoms with E-state index in [1.807, 2.05) is 4.90 Å². The van der Waals surface area contributed by atoms with Gasteiger partial charge in [0, 0.05) is 56.1 Å². The molecule has 0 bridgehead atoms. The zero-order chi connectivity index (χ0) is 24.5. The van der Waals surface area contributed by atoms with Gasteiger partial charge in [-0.15, -0.1) is 0 Å². The Balaban J connectivity index is 1.56. The molecule has 1 aliphatic heterocycles. The number of anilines is 1. The zero-order valence-electron chi connectivity index (χ0n) is 18.3. The van der Waals surface area contributed by atoms with Gasteiger partial charge in [-0.3, -0.25) is 9.78 Å². The average molecular weight is 490 g/mol. The van der Waals surface area contributed by atoms with Gasteiger partial charge in [0.15, 0.2) is 9.84 Å². The smallest absolute Gasteiger partial charge is 0.368 e. The second kappa shape index (κ2) is 9.09. The average Bonchev–Trinajstić information content (AvgIpc) is 2.83. The van der Waals surface area contributed by atoms with Crippen molar-refractivity contribution in [3.63, 3.8) is 0 Å². The van der Waals surface area contributed by atoms with Crippen molar-refractivity contribution in [2.45, 2.75) is 11.1 Å². The summed E-state index contributed by atoms with van der Waals surface area (Å²) in [6.45, 7) is 1.57. The number of carbonyl (C=O) groups excluding carboxylic acids is 1. The van der Waals surface area contributed by atoms with E-state index >= 15 is 0 Å². The van der Waals surface area contributed by atoms with Crippen LogP contribution in [0.1, 0.15) is 15.9 Å². The largest absolute Gasteiger partial charge is 0.416 e. The molecule has 1 aliphatic rings. The van der Waals surface area contributed by atoms with E-state index < -0.39 is 21.6 Å². The third-order valence-electron chi connectivity index (χ3n) is 5.77. The van der Waals surface area contributed by atoms with Crippen LogP contribution in [0.15, 0.2) is 71.9 Å². The van der Waals surface area contributed by atoms with Crippen LogP contribution in [0.3, 0.4) is 0 Å². The molecule has 1 saturated heterocycles. The van der Waals surface area contributed by atoms with Crippen molar-refractivity contribution >= 4 is 21.4 Å². The van der Waals surface area contributed by atoms with Crippen LogP contribution in [-0.4, -0.2) is 56.6 Å². The lowest BCUT2D eigenvalue weighted by Crippen LogP contribution is -2.49. The van der Waals surface area contributed by atoms with Crippen LogP contribution in [0, 0.1) is 0 Å². The summed E-state index contributed by atoms with van der Waals surface area (Å²) in [5.41, 5.74) is 1.56. The molecule has 1 fully saturated rings. The van der Waals surface area contributed by atoms with Crippen molar-refractivity contribution in [3.05, 3.63) is 78.1 Å². The summed E-state index contributed by atoms with van der Waals surface area (Å²) < 4.78 is 62.7. The van der Waals surface area contributed by atoms with E-state index in [0.717, 1.165) is 24.0 Å². The molecular formula is C24H22F3N3O3S. The van der Waals surface area contributed by atoms with Crippen molar-refractivity contribution in [2.75, 3.05) is 37.3 Å². The predicted octanol–water partition coefficient (Wildman–Crippen LogP) is 4.13. The first-order chi connectivity index (χ1) is 16.0. The topological polar surface area (TPSA) is 70.6 Å². The number of amides is 1. The van der Waals surface area contributed by atoms with Crippen LogP contribution in [0.4, 0.5) is 18.9 Å². The lowest BCUT2D eigenvalue weighted by molar-refractivity contribution is -0.137. The molecule has 0 atom stereocenters. The van der Waals surface area contributed by atoms with E-state index in [9.17, 15) is 26.4 Å². The molecule has 4 rings (SSSR count). The fraction of sp³-hybridized carbons (Fsp3) is 0.250. The first-order valence-electron chi connectivity index (χ1n) is 10.5. The van der Waals surface area contributed by atoms with Gasteiger partial charge in [0.1, 0.15) is 0 Å². The highest BCUT2D eigenvalue weighted by molar-refractivity contribution is 7.90. The number of pyridine rings is 1. The molecule has 0 radical (unpaired) electrons. The summed E-state index contributed by atoms with van der Waals surface area (Å²) in [6, 6.07) is 12.9. The molecular weight excluding hydrogens is 467 g/mol. The minimum atomic E-state index is -4.39. The molecule has 0 spiro atoms. The molecule has 0 unspecified atom stereocenters. The standard InChI is InChI=1S/C24H22F3N3O3S/c1-34(32,33)20-6-7-21(17-8-10-28-11-9-17)22(16-20)23(31)30-14-12-29(13-15-30)19-4-2-18(3-5-19)24(25,26)27/h2-11,16H,12-15H2,1H3. The van der Waals surface area contributed by atoms with Crippen LogP contribution in [0.2, 0.25) is 0 Å².